The van der Waals surface area contributed by atoms with Crippen molar-refractivity contribution in [1.82, 2.24) is 0 Å². The van der Waals surface area contributed by atoms with Crippen molar-refractivity contribution in [3.8, 4) is 0 Å². The summed E-state index contributed by atoms with van der Waals surface area (Å²) in [7, 11) is -10.0. The van der Waals surface area contributed by atoms with Crippen LogP contribution in [0.2, 0.25) is 0 Å². The molecule has 0 spiro atoms. The third kappa shape index (κ3) is 73.0. The summed E-state index contributed by atoms with van der Waals surface area (Å²) in [6, 6.07) is 0. The third-order valence-corrected chi connectivity index (χ3v) is 17.4. The molecule has 17 nitrogen and oxygen atoms in total. The molecule has 0 amide bonds. The fourth-order valence-electron chi connectivity index (χ4n) is 9.70. The van der Waals surface area contributed by atoms with Gasteiger partial charge < -0.3 is 33.8 Å². The predicted octanol–water partition coefficient (Wildman–Crippen LogP) is 22.4. The van der Waals surface area contributed by atoms with E-state index in [0.29, 0.717) is 32.1 Å². The summed E-state index contributed by atoms with van der Waals surface area (Å²) in [5, 5.41) is 10.6. The first kappa shape index (κ1) is 96.7. The van der Waals surface area contributed by atoms with Gasteiger partial charge in [0, 0.05) is 19.3 Å². The normalized spacial score (nSPS) is 14.8. The van der Waals surface area contributed by atoms with Crippen LogP contribution in [0, 0.1) is 0 Å². The van der Waals surface area contributed by atoms with Gasteiger partial charge in [0.15, 0.2) is 12.2 Å². The first-order valence-corrected chi connectivity index (χ1v) is 41.7. The zero-order valence-electron chi connectivity index (χ0n) is 63.2. The first-order valence-electron chi connectivity index (χ1n) is 38.7. The van der Waals surface area contributed by atoms with Crippen LogP contribution in [0.1, 0.15) is 285 Å². The molecule has 0 saturated heterocycles. The van der Waals surface area contributed by atoms with E-state index in [2.05, 4.69) is 161 Å². The highest BCUT2D eigenvalue weighted by molar-refractivity contribution is 7.47. The molecule has 580 valence electrons. The van der Waals surface area contributed by atoms with Crippen LogP contribution in [0.25, 0.3) is 0 Å². The number of allylic oxidation sites excluding steroid dienone is 25. The maximum absolute atomic E-state index is 13.1. The van der Waals surface area contributed by atoms with Gasteiger partial charge in [-0.1, -0.05) is 269 Å². The molecule has 102 heavy (non-hydrogen) atoms. The van der Waals surface area contributed by atoms with Crippen LogP contribution in [0.3, 0.4) is 0 Å². The van der Waals surface area contributed by atoms with E-state index in [-0.39, 0.29) is 25.7 Å². The quantitative estimate of drug-likeness (QED) is 0.0169. The molecule has 0 bridgehead atoms. The van der Waals surface area contributed by atoms with Crippen molar-refractivity contribution in [2.24, 2.45) is 0 Å². The Balaban J connectivity index is 5.48. The smallest absolute Gasteiger partial charge is 0.462 e. The Hall–Kier alpha value is -5.32. The molecule has 0 aromatic carbocycles. The average molecular weight is 1470 g/mol. The Bertz CT molecular complexity index is 2550. The maximum Gasteiger partial charge on any atom is 0.472 e. The highest BCUT2D eigenvalue weighted by atomic mass is 31.2. The Morgan fingerprint density at radius 1 is 0.294 bits per heavy atom. The zero-order valence-corrected chi connectivity index (χ0v) is 65.0. The molecule has 5 unspecified atom stereocenters. The predicted molar refractivity (Wildman–Crippen MR) is 417 cm³/mol. The number of esters is 4. The topological polar surface area (TPSA) is 237 Å². The minimum atomic E-state index is -5.01. The lowest BCUT2D eigenvalue weighted by atomic mass is 10.1. The number of hydrogen-bond acceptors (Lipinski definition) is 15. The fourth-order valence-corrected chi connectivity index (χ4v) is 11.3. The lowest BCUT2D eigenvalue weighted by molar-refractivity contribution is -0.161. The number of hydrogen-bond donors (Lipinski definition) is 3. The molecule has 0 aromatic heterocycles. The summed E-state index contributed by atoms with van der Waals surface area (Å²) in [5.74, 6) is -2.40. The van der Waals surface area contributed by atoms with Crippen molar-refractivity contribution >= 4 is 39.5 Å². The summed E-state index contributed by atoms with van der Waals surface area (Å²) in [4.78, 5) is 72.9. The summed E-state index contributed by atoms with van der Waals surface area (Å²) in [6.07, 6.45) is 85.5. The molecular formula is C83H136O17P2. The summed E-state index contributed by atoms with van der Waals surface area (Å²) in [5.41, 5.74) is 0. The van der Waals surface area contributed by atoms with Gasteiger partial charge in [0.1, 0.15) is 19.3 Å². The number of ether oxygens (including phenoxy) is 4. The lowest BCUT2D eigenvalue weighted by Crippen LogP contribution is -2.30. The minimum absolute atomic E-state index is 0.0332. The summed E-state index contributed by atoms with van der Waals surface area (Å²) < 4.78 is 68.4. The van der Waals surface area contributed by atoms with Crippen molar-refractivity contribution in [3.63, 3.8) is 0 Å². The van der Waals surface area contributed by atoms with Gasteiger partial charge in [-0.05, 0) is 148 Å². The van der Waals surface area contributed by atoms with Crippen LogP contribution in [0.4, 0.5) is 0 Å². The Kier molecular flexibility index (Phi) is 70.1. The molecule has 3 N–H and O–H groups in total. The Morgan fingerprint density at radius 2 is 0.549 bits per heavy atom. The van der Waals surface area contributed by atoms with E-state index in [9.17, 15) is 43.2 Å². The van der Waals surface area contributed by atoms with Gasteiger partial charge in [0.2, 0.25) is 0 Å². The summed E-state index contributed by atoms with van der Waals surface area (Å²) in [6.45, 7) is 4.33. The van der Waals surface area contributed by atoms with E-state index in [4.69, 9.17) is 37.0 Å². The average Bonchev–Trinajstić information content (AvgIpc) is 0.926. The molecule has 0 rings (SSSR count). The van der Waals surface area contributed by atoms with Gasteiger partial charge in [-0.25, -0.2) is 9.13 Å². The number of carbonyl (C=O) groups excluding carboxylic acids is 4. The van der Waals surface area contributed by atoms with E-state index < -0.39 is 97.5 Å². The standard InChI is InChI=1S/C83H136O17P2/c1-5-9-13-17-21-25-29-33-37-38-42-44-48-52-56-60-64-68-81(86)94-74-79(100-83(88)70-66-62-58-54-50-46-41-36-32-28-24-20-16-12-8-4)76-98-102(91,92)96-72-77(84)71-95-101(89,90)97-75-78(99-82(87)69-65-61-57-53-49-45-40-35-31-27-23-19-15-11-7-3)73-93-80(85)67-63-59-55-51-47-43-39-34-30-26-22-18-14-10-6-2/h9-10,12-14,16,21-22,24-26,28,33-37,39-41,47,50-51,54,59,63,77-79,84H,5-8,11,15,17-20,23,27,29-32,38,42-46,48-49,52-53,55-58,60-62,64-76H2,1-4H3,(H,89,90)(H,91,92)/b13-9-,14-10-,16-12-,25-21-,26-22-,28-24-,37-33-,39-34-,40-35-,41-36-,51-47-,54-50-,63-59-. The first-order chi connectivity index (χ1) is 49.7. The van der Waals surface area contributed by atoms with Crippen LogP contribution < -0.4 is 0 Å². The molecule has 0 radical (unpaired) electrons. The van der Waals surface area contributed by atoms with E-state index in [0.717, 1.165) is 161 Å². The number of unbranched alkanes of at least 4 members (excludes halogenated alkanes) is 20. The number of phosphoric ester groups is 2. The largest absolute Gasteiger partial charge is 0.472 e. The second-order valence-electron chi connectivity index (χ2n) is 25.2. The molecule has 19 heteroatoms. The van der Waals surface area contributed by atoms with Crippen LogP contribution in [-0.4, -0.2) is 96.7 Å². The third-order valence-electron chi connectivity index (χ3n) is 15.5. The number of aliphatic hydroxyl groups excluding tert-OH is 1. The fraction of sp³-hybridized carbons (Fsp3) is 0.639. The SMILES string of the molecule is CC/C=C\C/C=C\C/C=C\C/C=C\C/C=C\CC(=O)OCC(COP(=O)(O)OCC(O)COP(=O)(O)OCC(COC(=O)CCCCCCCCC/C=C\C/C=C\C/C=C\CC)OC(=O)CCCC/C=C\C/C=C\C/C=C\C/C=C\CC)OC(=O)CCCCCCC/C=C\CCCCCCCC. The maximum atomic E-state index is 13.1. The van der Waals surface area contributed by atoms with Crippen molar-refractivity contribution in [2.45, 2.75) is 303 Å². The Morgan fingerprint density at radius 3 is 0.902 bits per heavy atom. The molecular weight excluding hydrogens is 1330 g/mol. The number of aliphatic hydroxyl groups is 1. The molecule has 0 aliphatic heterocycles. The van der Waals surface area contributed by atoms with Crippen molar-refractivity contribution in [2.75, 3.05) is 39.6 Å². The monoisotopic (exact) mass is 1470 g/mol. The molecule has 0 aromatic rings. The number of carbonyl (C=O) groups is 4. The minimum Gasteiger partial charge on any atom is -0.462 e. The van der Waals surface area contributed by atoms with Crippen LogP contribution in [0.5, 0.6) is 0 Å². The zero-order chi connectivity index (χ0) is 74.6. The van der Waals surface area contributed by atoms with Crippen LogP contribution in [-0.2, 0) is 65.4 Å². The molecule has 0 aliphatic rings. The highest BCUT2D eigenvalue weighted by Gasteiger charge is 2.30. The van der Waals surface area contributed by atoms with E-state index in [1.807, 2.05) is 18.2 Å². The molecule has 0 heterocycles. The molecule has 0 saturated carbocycles. The Labute approximate surface area is 617 Å². The number of rotatable bonds is 71. The second-order valence-corrected chi connectivity index (χ2v) is 28.1. The van der Waals surface area contributed by atoms with E-state index in [1.54, 1.807) is 6.08 Å². The number of phosphoric acid groups is 2. The van der Waals surface area contributed by atoms with Crippen molar-refractivity contribution in [1.29, 1.82) is 0 Å². The molecule has 5 atom stereocenters. The summed E-state index contributed by atoms with van der Waals surface area (Å²) >= 11 is 0. The van der Waals surface area contributed by atoms with Crippen molar-refractivity contribution < 1.29 is 80.2 Å². The van der Waals surface area contributed by atoms with Crippen LogP contribution >= 0.6 is 15.6 Å². The molecule has 0 fully saturated rings. The second kappa shape index (κ2) is 74.0. The van der Waals surface area contributed by atoms with Crippen molar-refractivity contribution in [3.05, 3.63) is 158 Å². The van der Waals surface area contributed by atoms with E-state index in [1.165, 1.54) is 38.5 Å². The highest BCUT2D eigenvalue weighted by Crippen LogP contribution is 2.45. The lowest BCUT2D eigenvalue weighted by Gasteiger charge is -2.21. The van der Waals surface area contributed by atoms with Gasteiger partial charge in [0.25, 0.3) is 0 Å². The van der Waals surface area contributed by atoms with Gasteiger partial charge >= 0.3 is 39.5 Å². The van der Waals surface area contributed by atoms with E-state index >= 15 is 0 Å². The molecule has 0 aliphatic carbocycles. The van der Waals surface area contributed by atoms with Gasteiger partial charge in [0.05, 0.1) is 32.8 Å². The van der Waals surface area contributed by atoms with Crippen LogP contribution in [0.15, 0.2) is 158 Å². The van der Waals surface area contributed by atoms with Gasteiger partial charge in [-0.3, -0.25) is 37.3 Å². The van der Waals surface area contributed by atoms with Gasteiger partial charge in [-0.2, -0.15) is 0 Å². The van der Waals surface area contributed by atoms with Gasteiger partial charge in [-0.15, -0.1) is 0 Å².